The van der Waals surface area contributed by atoms with Crippen LogP contribution in [0.2, 0.25) is 0 Å². The molecule has 0 radical (unpaired) electrons. The van der Waals surface area contributed by atoms with Crippen LogP contribution in [0.5, 0.6) is 0 Å². The molecule has 0 saturated carbocycles. The van der Waals surface area contributed by atoms with Gasteiger partial charge in [-0.05, 0) is 61.2 Å². The Bertz CT molecular complexity index is 2020. The van der Waals surface area contributed by atoms with Crippen molar-refractivity contribution in [3.05, 3.63) is 146 Å². The van der Waals surface area contributed by atoms with Crippen molar-refractivity contribution >= 4 is 16.7 Å². The normalized spacial score (nSPS) is 14.6. The number of fused-ring (bicyclic) bond motifs is 12. The molecule has 0 bridgehead atoms. The fraction of sp³-hybridized carbons (Fsp3) is 0. The fourth-order valence-corrected chi connectivity index (χ4v) is 6.63. The second-order valence-electron chi connectivity index (χ2n) is 9.75. The number of allylic oxidation sites excluding steroid dienone is 3. The van der Waals surface area contributed by atoms with E-state index in [4.69, 9.17) is 13.1 Å². The Morgan fingerprint density at radius 1 is 0.429 bits per heavy atom. The van der Waals surface area contributed by atoms with Gasteiger partial charge in [-0.1, -0.05) is 72.8 Å². The van der Waals surface area contributed by atoms with Crippen molar-refractivity contribution in [1.82, 2.24) is 0 Å². The number of rotatable bonds is 0. The number of benzene rings is 4. The molecule has 186 valence electrons. The van der Waals surface area contributed by atoms with Crippen molar-refractivity contribution in [3.8, 4) is 57.7 Å². The van der Waals surface area contributed by atoms with Gasteiger partial charge >= 0.3 is 0 Å². The lowest BCUT2D eigenvalue weighted by molar-refractivity contribution is 1.46. The van der Waals surface area contributed by atoms with Gasteiger partial charge in [-0.3, -0.25) is 0 Å². The summed E-state index contributed by atoms with van der Waals surface area (Å²) in [5.41, 5.74) is 9.58. The molecule has 0 amide bonds. The molecule has 4 aromatic carbocycles. The maximum atomic E-state index is 10.1. The molecule has 0 aromatic heterocycles. The van der Waals surface area contributed by atoms with Crippen LogP contribution in [-0.4, -0.2) is 0 Å². The minimum absolute atomic E-state index is 0.0735. The molecule has 6 nitrogen and oxygen atoms in total. The van der Waals surface area contributed by atoms with E-state index in [1.54, 1.807) is 0 Å². The lowest BCUT2D eigenvalue weighted by Gasteiger charge is -2.19. The number of hydrogen-bond donors (Lipinski definition) is 0. The first kappa shape index (κ1) is 24.1. The van der Waals surface area contributed by atoms with Crippen LogP contribution >= 0.6 is 0 Å². The van der Waals surface area contributed by atoms with Gasteiger partial charge < -0.3 is 0 Å². The van der Waals surface area contributed by atoms with Crippen molar-refractivity contribution in [1.29, 1.82) is 21.0 Å². The van der Waals surface area contributed by atoms with E-state index in [1.807, 2.05) is 72.8 Å². The van der Waals surface area contributed by atoms with E-state index in [0.717, 1.165) is 33.4 Å². The molecule has 4 aromatic rings. The highest BCUT2D eigenvalue weighted by molar-refractivity contribution is 6.24. The van der Waals surface area contributed by atoms with Gasteiger partial charge in [0, 0.05) is 22.3 Å². The summed E-state index contributed by atoms with van der Waals surface area (Å²) in [4.78, 5) is 7.23. The monoisotopic (exact) mass is 528 g/mol. The molecule has 0 saturated heterocycles. The van der Waals surface area contributed by atoms with Crippen molar-refractivity contribution < 1.29 is 0 Å². The summed E-state index contributed by atoms with van der Waals surface area (Å²) in [6, 6.07) is 30.8. The van der Waals surface area contributed by atoms with Gasteiger partial charge in [0.1, 0.15) is 17.7 Å². The molecule has 0 N–H and O–H groups in total. The lowest BCUT2D eigenvalue weighted by atomic mass is 9.83. The average Bonchev–Trinajstić information content (AvgIpc) is 3.66. The molecule has 0 spiro atoms. The Morgan fingerprint density at radius 3 is 1.05 bits per heavy atom. The first-order chi connectivity index (χ1) is 20.6. The molecule has 6 heteroatoms. The van der Waals surface area contributed by atoms with Gasteiger partial charge in [-0.25, -0.2) is 20.2 Å². The van der Waals surface area contributed by atoms with Crippen LogP contribution in [-0.2, 0) is 0 Å². The van der Waals surface area contributed by atoms with Crippen LogP contribution in [0.3, 0.4) is 0 Å². The van der Waals surface area contributed by atoms with E-state index in [1.165, 1.54) is 0 Å². The maximum Gasteiger partial charge on any atom is 0.270 e. The Balaban J connectivity index is 1.88. The first-order valence-corrected chi connectivity index (χ1v) is 12.8. The van der Waals surface area contributed by atoms with Crippen molar-refractivity contribution in [3.63, 3.8) is 0 Å². The predicted octanol–water partition coefficient (Wildman–Crippen LogP) is 7.88. The molecule has 42 heavy (non-hydrogen) atoms. The Labute approximate surface area is 241 Å². The molecule has 0 fully saturated rings. The molecule has 7 rings (SSSR count). The van der Waals surface area contributed by atoms with Gasteiger partial charge in [-0.15, -0.1) is 0 Å². The summed E-state index contributed by atoms with van der Waals surface area (Å²) in [5.74, 6) is 0. The van der Waals surface area contributed by atoms with Crippen LogP contribution in [0.1, 0.15) is 33.4 Å². The molecular weight excluding hydrogens is 516 g/mol. The SMILES string of the molecule is [C-]#[N+]/C(C#N)=C1/c2ccccc2-c2c3c(c4c(c21)-c1ccccc1/C4=C(/C#N)[N+]#[C-])-c1ccccc1C3=C(C#N)C#N. The zero-order valence-corrected chi connectivity index (χ0v) is 21.6. The predicted molar refractivity (Wildman–Crippen MR) is 156 cm³/mol. The summed E-state index contributed by atoms with van der Waals surface area (Å²) >= 11 is 0. The van der Waals surface area contributed by atoms with E-state index >= 15 is 0 Å². The van der Waals surface area contributed by atoms with E-state index in [2.05, 4.69) is 34.0 Å². The van der Waals surface area contributed by atoms with Gasteiger partial charge in [0.2, 0.25) is 0 Å². The molecular formula is C36H12N6. The van der Waals surface area contributed by atoms with Crippen molar-refractivity contribution in [2.75, 3.05) is 0 Å². The topological polar surface area (TPSA) is 104 Å². The number of nitriles is 4. The summed E-state index contributed by atoms with van der Waals surface area (Å²) in [5, 5.41) is 40.6. The Morgan fingerprint density at radius 2 is 0.738 bits per heavy atom. The van der Waals surface area contributed by atoms with E-state index in [-0.39, 0.29) is 17.0 Å². The molecule has 0 heterocycles. The highest BCUT2D eigenvalue weighted by atomic mass is 14.7. The van der Waals surface area contributed by atoms with Crippen LogP contribution in [0.15, 0.2) is 89.8 Å². The standard InChI is InChI=1S/C36H12N6/c1-41-26(17-39)29-21-10-4-7-13-24(21)32-34-28(19(15-37)16-38)20-9-3-6-12-23(20)31(34)35-30(27(18-40)42-2)22-11-5-8-14-25(22)33(35)36(29)32/h3-14H/b29-26-,30-27+. The third-order valence-electron chi connectivity index (χ3n) is 8.03. The zero-order chi connectivity index (χ0) is 29.1. The van der Waals surface area contributed by atoms with E-state index in [0.29, 0.717) is 50.1 Å². The second-order valence-corrected chi connectivity index (χ2v) is 9.75. The van der Waals surface area contributed by atoms with E-state index in [9.17, 15) is 21.0 Å². The van der Waals surface area contributed by atoms with E-state index < -0.39 is 0 Å². The summed E-state index contributed by atoms with van der Waals surface area (Å²) in [6.45, 7) is 15.8. The van der Waals surface area contributed by atoms with Crippen molar-refractivity contribution in [2.24, 2.45) is 0 Å². The van der Waals surface area contributed by atoms with Crippen molar-refractivity contribution in [2.45, 2.75) is 0 Å². The average molecular weight is 529 g/mol. The Hall–Kier alpha value is -6.96. The van der Waals surface area contributed by atoms with Gasteiger partial charge in [-0.2, -0.15) is 10.5 Å². The molecule has 0 atom stereocenters. The van der Waals surface area contributed by atoms with Crippen LogP contribution in [0.25, 0.3) is 59.8 Å². The largest absolute Gasteiger partial charge is 0.270 e. The number of hydrogen-bond acceptors (Lipinski definition) is 4. The third-order valence-corrected chi connectivity index (χ3v) is 8.03. The highest BCUT2D eigenvalue weighted by Gasteiger charge is 2.44. The quantitative estimate of drug-likeness (QED) is 0.147. The molecule has 3 aliphatic carbocycles. The van der Waals surface area contributed by atoms with Gasteiger partial charge in [0.05, 0.1) is 25.3 Å². The summed E-state index contributed by atoms with van der Waals surface area (Å²) in [6.07, 6.45) is 0. The Kier molecular flexibility index (Phi) is 5.04. The highest BCUT2D eigenvalue weighted by Crippen LogP contribution is 2.64. The van der Waals surface area contributed by atoms with Crippen LogP contribution in [0.4, 0.5) is 0 Å². The van der Waals surface area contributed by atoms with Gasteiger partial charge in [0.15, 0.2) is 0 Å². The second kappa shape index (κ2) is 8.78. The molecule has 3 aliphatic rings. The maximum absolute atomic E-state index is 10.1. The number of nitrogens with zero attached hydrogens (tertiary/aromatic N) is 6. The van der Waals surface area contributed by atoms with Crippen LogP contribution in [0, 0.1) is 58.5 Å². The minimum Gasteiger partial charge on any atom is -0.226 e. The summed E-state index contributed by atoms with van der Waals surface area (Å²) < 4.78 is 0. The molecule has 0 unspecified atom stereocenters. The first-order valence-electron chi connectivity index (χ1n) is 12.8. The van der Waals surface area contributed by atoms with Crippen LogP contribution < -0.4 is 0 Å². The fourth-order valence-electron chi connectivity index (χ4n) is 6.63. The van der Waals surface area contributed by atoms with Gasteiger partial charge in [0.25, 0.3) is 11.4 Å². The molecule has 0 aliphatic heterocycles. The minimum atomic E-state index is -0.0919. The third kappa shape index (κ3) is 2.80. The lowest BCUT2D eigenvalue weighted by Crippen LogP contribution is -1.99. The smallest absolute Gasteiger partial charge is 0.226 e. The zero-order valence-electron chi connectivity index (χ0n) is 21.6. The summed E-state index contributed by atoms with van der Waals surface area (Å²) in [7, 11) is 0.